The van der Waals surface area contributed by atoms with Crippen LogP contribution >= 0.6 is 0 Å². The lowest BCUT2D eigenvalue weighted by Crippen LogP contribution is -2.41. The van der Waals surface area contributed by atoms with Crippen molar-refractivity contribution in [2.75, 3.05) is 0 Å². The molecule has 0 N–H and O–H groups in total. The number of furan rings is 1. The van der Waals surface area contributed by atoms with Crippen LogP contribution in [0.3, 0.4) is 0 Å². The van der Waals surface area contributed by atoms with Crippen LogP contribution in [0.1, 0.15) is 41.5 Å². The Morgan fingerprint density at radius 1 is 0.476 bits per heavy atom. The van der Waals surface area contributed by atoms with Gasteiger partial charge in [-0.1, -0.05) is 98.8 Å². The zero-order valence-electron chi connectivity index (χ0n) is 25.3. The molecule has 0 amide bonds. The SMILES string of the molecule is CC.CC1(C)OB(c2cccc3oc4ccc(-c5cccc(-c6cccc(-c7ccccc7)c6)c5)cc4c23)OC1(C)C. The predicted octanol–water partition coefficient (Wildman–Crippen LogP) is 9.91. The highest BCUT2D eigenvalue weighted by Crippen LogP contribution is 2.39. The zero-order chi connectivity index (χ0) is 29.5. The molecule has 3 nitrogen and oxygen atoms in total. The van der Waals surface area contributed by atoms with Gasteiger partial charge in [-0.05, 0) is 96.9 Å². The van der Waals surface area contributed by atoms with E-state index in [-0.39, 0.29) is 0 Å². The van der Waals surface area contributed by atoms with E-state index in [9.17, 15) is 0 Å². The van der Waals surface area contributed by atoms with Gasteiger partial charge in [0, 0.05) is 10.8 Å². The summed E-state index contributed by atoms with van der Waals surface area (Å²) in [6, 6.07) is 40.6. The smallest absolute Gasteiger partial charge is 0.456 e. The molecular formula is C38H37BO3. The molecule has 1 aliphatic heterocycles. The van der Waals surface area contributed by atoms with E-state index in [0.29, 0.717) is 0 Å². The molecule has 1 aliphatic rings. The molecule has 1 fully saturated rings. The van der Waals surface area contributed by atoms with Gasteiger partial charge in [0.2, 0.25) is 0 Å². The first-order chi connectivity index (χ1) is 20.3. The van der Waals surface area contributed by atoms with Crippen LogP contribution in [0.2, 0.25) is 0 Å². The molecule has 0 radical (unpaired) electrons. The van der Waals surface area contributed by atoms with Crippen LogP contribution in [0.15, 0.2) is 120 Å². The second-order valence-corrected chi connectivity index (χ2v) is 11.6. The fourth-order valence-corrected chi connectivity index (χ4v) is 5.59. The van der Waals surface area contributed by atoms with Gasteiger partial charge in [0.15, 0.2) is 0 Å². The summed E-state index contributed by atoms with van der Waals surface area (Å²) >= 11 is 0. The summed E-state index contributed by atoms with van der Waals surface area (Å²) in [6.07, 6.45) is 0. The summed E-state index contributed by atoms with van der Waals surface area (Å²) in [7, 11) is -0.460. The fourth-order valence-electron chi connectivity index (χ4n) is 5.59. The first-order valence-corrected chi connectivity index (χ1v) is 14.9. The lowest BCUT2D eigenvalue weighted by atomic mass is 9.76. The van der Waals surface area contributed by atoms with Crippen molar-refractivity contribution in [1.29, 1.82) is 0 Å². The molecule has 0 atom stereocenters. The largest absolute Gasteiger partial charge is 0.495 e. The molecule has 2 heterocycles. The van der Waals surface area contributed by atoms with Crippen molar-refractivity contribution < 1.29 is 13.7 Å². The number of rotatable bonds is 4. The van der Waals surface area contributed by atoms with Gasteiger partial charge < -0.3 is 13.7 Å². The van der Waals surface area contributed by atoms with Gasteiger partial charge in [0.25, 0.3) is 0 Å². The summed E-state index contributed by atoms with van der Waals surface area (Å²) in [6.45, 7) is 12.3. The van der Waals surface area contributed by atoms with Crippen molar-refractivity contribution in [2.24, 2.45) is 0 Å². The average Bonchev–Trinajstić information content (AvgIpc) is 3.50. The van der Waals surface area contributed by atoms with Gasteiger partial charge in [0.05, 0.1) is 11.2 Å². The summed E-state index contributed by atoms with van der Waals surface area (Å²) in [5.41, 5.74) is 8.98. The highest BCUT2D eigenvalue weighted by atomic mass is 16.7. The lowest BCUT2D eigenvalue weighted by molar-refractivity contribution is 0.00578. The molecule has 0 unspecified atom stereocenters. The average molecular weight is 553 g/mol. The molecule has 0 aliphatic carbocycles. The Bertz CT molecular complexity index is 1850. The summed E-state index contributed by atoms with van der Waals surface area (Å²) in [5, 5.41) is 2.11. The standard InChI is InChI=1S/C36H31BO3.C2H6/c1-35(2)36(3,4)40-37(39-35)31-17-10-18-33-34(31)30-23-29(19-20-32(30)38-33)28-16-9-15-27(22-28)26-14-8-13-25(21-26)24-11-6-5-7-12-24;1-2/h5-23H,1-4H3;1-2H3. The van der Waals surface area contributed by atoms with Crippen molar-refractivity contribution in [3.63, 3.8) is 0 Å². The van der Waals surface area contributed by atoms with Crippen molar-refractivity contribution in [3.8, 4) is 33.4 Å². The molecule has 0 bridgehead atoms. The minimum Gasteiger partial charge on any atom is -0.456 e. The van der Waals surface area contributed by atoms with E-state index >= 15 is 0 Å². The Hall–Kier alpha value is -4.12. The molecule has 7 rings (SSSR count). The van der Waals surface area contributed by atoms with Crippen LogP contribution in [0.4, 0.5) is 0 Å². The Morgan fingerprint density at radius 3 is 1.57 bits per heavy atom. The Kier molecular flexibility index (Phi) is 7.30. The second-order valence-electron chi connectivity index (χ2n) is 11.6. The van der Waals surface area contributed by atoms with Crippen LogP contribution in [0.25, 0.3) is 55.3 Å². The van der Waals surface area contributed by atoms with Gasteiger partial charge in [-0.2, -0.15) is 0 Å². The summed E-state index contributed by atoms with van der Waals surface area (Å²) in [4.78, 5) is 0. The van der Waals surface area contributed by atoms with Crippen LogP contribution in [-0.2, 0) is 9.31 Å². The molecule has 210 valence electrons. The molecule has 0 spiro atoms. The van der Waals surface area contributed by atoms with Crippen molar-refractivity contribution >= 4 is 34.5 Å². The molecule has 0 saturated carbocycles. The van der Waals surface area contributed by atoms with Crippen LogP contribution in [0.5, 0.6) is 0 Å². The number of hydrogen-bond donors (Lipinski definition) is 0. The molecule has 1 aromatic heterocycles. The molecule has 5 aromatic carbocycles. The third-order valence-corrected chi connectivity index (χ3v) is 8.53. The van der Waals surface area contributed by atoms with Crippen molar-refractivity contribution in [3.05, 3.63) is 115 Å². The Morgan fingerprint density at radius 2 is 0.976 bits per heavy atom. The van der Waals surface area contributed by atoms with Crippen LogP contribution < -0.4 is 5.46 Å². The Balaban J connectivity index is 0.00000155. The van der Waals surface area contributed by atoms with Gasteiger partial charge in [0.1, 0.15) is 11.2 Å². The minimum atomic E-state index is -0.460. The highest BCUT2D eigenvalue weighted by molar-refractivity contribution is 6.66. The fraction of sp³-hybridized carbons (Fsp3) is 0.211. The van der Waals surface area contributed by atoms with E-state index in [4.69, 9.17) is 13.7 Å². The maximum atomic E-state index is 6.43. The maximum Gasteiger partial charge on any atom is 0.495 e. The summed E-state index contributed by atoms with van der Waals surface area (Å²) in [5.74, 6) is 0. The van der Waals surface area contributed by atoms with Crippen molar-refractivity contribution in [1.82, 2.24) is 0 Å². The van der Waals surface area contributed by atoms with Gasteiger partial charge >= 0.3 is 7.12 Å². The van der Waals surface area contributed by atoms with E-state index < -0.39 is 18.3 Å². The topological polar surface area (TPSA) is 31.6 Å². The van der Waals surface area contributed by atoms with Gasteiger partial charge in [-0.3, -0.25) is 0 Å². The minimum absolute atomic E-state index is 0.414. The maximum absolute atomic E-state index is 6.43. The van der Waals surface area contributed by atoms with Gasteiger partial charge in [-0.15, -0.1) is 0 Å². The van der Waals surface area contributed by atoms with E-state index in [1.807, 2.05) is 26.0 Å². The van der Waals surface area contributed by atoms with Crippen LogP contribution in [0, 0.1) is 0 Å². The lowest BCUT2D eigenvalue weighted by Gasteiger charge is -2.32. The van der Waals surface area contributed by atoms with Crippen molar-refractivity contribution in [2.45, 2.75) is 52.7 Å². The van der Waals surface area contributed by atoms with E-state index in [1.165, 1.54) is 22.3 Å². The first kappa shape index (κ1) is 28.0. The number of hydrogen-bond acceptors (Lipinski definition) is 3. The quantitative estimate of drug-likeness (QED) is 0.204. The zero-order valence-corrected chi connectivity index (χ0v) is 25.3. The molecule has 42 heavy (non-hydrogen) atoms. The Labute approximate surface area is 249 Å². The monoisotopic (exact) mass is 552 g/mol. The normalized spacial score (nSPS) is 15.5. The predicted molar refractivity (Wildman–Crippen MR) is 177 cm³/mol. The molecule has 4 heteroatoms. The van der Waals surface area contributed by atoms with Crippen LogP contribution in [-0.4, -0.2) is 18.3 Å². The number of fused-ring (bicyclic) bond motifs is 3. The van der Waals surface area contributed by atoms with E-state index in [2.05, 4.69) is 131 Å². The van der Waals surface area contributed by atoms with Gasteiger partial charge in [-0.25, -0.2) is 0 Å². The highest BCUT2D eigenvalue weighted by Gasteiger charge is 2.52. The second kappa shape index (κ2) is 10.9. The third-order valence-electron chi connectivity index (χ3n) is 8.53. The van der Waals surface area contributed by atoms with E-state index in [1.54, 1.807) is 0 Å². The first-order valence-electron chi connectivity index (χ1n) is 14.9. The summed E-state index contributed by atoms with van der Waals surface area (Å²) < 4.78 is 19.2. The molecule has 6 aromatic rings. The third kappa shape index (κ3) is 4.95. The van der Waals surface area contributed by atoms with E-state index in [0.717, 1.165) is 38.5 Å². The number of benzene rings is 5. The molecule has 1 saturated heterocycles. The molecular weight excluding hydrogens is 515 g/mol.